The number of cyclic esters (lactones) is 1. The summed E-state index contributed by atoms with van der Waals surface area (Å²) < 4.78 is 18.2. The molecule has 5 nitrogen and oxygen atoms in total. The predicted molar refractivity (Wildman–Crippen MR) is 143 cm³/mol. The lowest BCUT2D eigenvalue weighted by Gasteiger charge is -2.15. The van der Waals surface area contributed by atoms with Crippen molar-refractivity contribution < 1.29 is 19.0 Å². The number of nitrogens with zero attached hydrogens (tertiary/aromatic N) is 1. The Hall–Kier alpha value is -2.26. The Balaban J connectivity index is 1.63. The van der Waals surface area contributed by atoms with Crippen LogP contribution >= 0.6 is 57.4 Å². The molecule has 0 amide bonds. The van der Waals surface area contributed by atoms with Crippen molar-refractivity contribution >= 4 is 75.3 Å². The zero-order valence-electron chi connectivity index (χ0n) is 17.8. The zero-order valence-corrected chi connectivity index (χ0v) is 22.2. The minimum absolute atomic E-state index is 0.103. The van der Waals surface area contributed by atoms with Gasteiger partial charge in [-0.2, -0.15) is 0 Å². The van der Waals surface area contributed by atoms with E-state index in [-0.39, 0.29) is 11.6 Å². The number of halogens is 4. The summed E-state index contributed by atoms with van der Waals surface area (Å²) in [6, 6.07) is 16.2. The molecule has 3 aromatic rings. The van der Waals surface area contributed by atoms with Gasteiger partial charge in [0.15, 0.2) is 17.2 Å². The normalized spacial score (nSPS) is 14.2. The van der Waals surface area contributed by atoms with Crippen LogP contribution < -0.4 is 9.47 Å². The Kier molecular flexibility index (Phi) is 8.03. The summed E-state index contributed by atoms with van der Waals surface area (Å²) in [5.41, 5.74) is 2.21. The molecule has 0 fully saturated rings. The van der Waals surface area contributed by atoms with Gasteiger partial charge in [-0.25, -0.2) is 9.79 Å². The van der Waals surface area contributed by atoms with Crippen LogP contribution in [-0.4, -0.2) is 18.5 Å². The largest absolute Gasteiger partial charge is 0.490 e. The second-order valence-corrected chi connectivity index (χ2v) is 9.52. The van der Waals surface area contributed by atoms with Crippen LogP contribution in [0.1, 0.15) is 23.6 Å². The van der Waals surface area contributed by atoms with E-state index in [9.17, 15) is 4.79 Å². The summed E-state index contributed by atoms with van der Waals surface area (Å²) in [4.78, 5) is 16.7. The quantitative estimate of drug-likeness (QED) is 0.154. The molecule has 0 aliphatic carbocycles. The summed E-state index contributed by atoms with van der Waals surface area (Å²) in [5.74, 6) is 0.390. The van der Waals surface area contributed by atoms with Crippen molar-refractivity contribution in [2.24, 2.45) is 4.99 Å². The maximum atomic E-state index is 12.4. The highest BCUT2D eigenvalue weighted by molar-refractivity contribution is 14.1. The van der Waals surface area contributed by atoms with Gasteiger partial charge in [-0.1, -0.05) is 53.0 Å². The number of benzene rings is 3. The average molecular weight is 629 g/mol. The average Bonchev–Trinajstić information content (AvgIpc) is 3.14. The van der Waals surface area contributed by atoms with E-state index in [4.69, 9.17) is 49.0 Å². The highest BCUT2D eigenvalue weighted by Gasteiger charge is 2.26. The Labute approximate surface area is 225 Å². The number of ether oxygens (including phenoxy) is 3. The number of hydrogen-bond acceptors (Lipinski definition) is 5. The fraction of sp³-hybridized carbons (Fsp3) is 0.120. The Bertz CT molecular complexity index is 1320. The molecule has 0 aromatic heterocycles. The lowest BCUT2D eigenvalue weighted by atomic mass is 10.1. The fourth-order valence-corrected chi connectivity index (χ4v) is 4.49. The molecule has 0 unspecified atom stereocenters. The molecule has 34 heavy (non-hydrogen) atoms. The number of hydrogen-bond donors (Lipinski definition) is 0. The van der Waals surface area contributed by atoms with Gasteiger partial charge in [-0.3, -0.25) is 0 Å². The van der Waals surface area contributed by atoms with Gasteiger partial charge in [-0.15, -0.1) is 0 Å². The van der Waals surface area contributed by atoms with E-state index in [0.29, 0.717) is 50.9 Å². The van der Waals surface area contributed by atoms with E-state index in [1.807, 2.05) is 31.2 Å². The van der Waals surface area contributed by atoms with E-state index in [0.717, 1.165) is 9.13 Å². The number of rotatable bonds is 7. The van der Waals surface area contributed by atoms with Crippen LogP contribution in [0.2, 0.25) is 15.1 Å². The molecular weight excluding hydrogens is 612 g/mol. The third-order valence-electron chi connectivity index (χ3n) is 4.75. The van der Waals surface area contributed by atoms with Crippen LogP contribution in [0.25, 0.3) is 6.08 Å². The zero-order chi connectivity index (χ0) is 24.2. The van der Waals surface area contributed by atoms with Crippen molar-refractivity contribution in [3.8, 4) is 11.5 Å². The van der Waals surface area contributed by atoms with Crippen LogP contribution in [0.3, 0.4) is 0 Å². The highest BCUT2D eigenvalue weighted by Crippen LogP contribution is 2.38. The van der Waals surface area contributed by atoms with Gasteiger partial charge < -0.3 is 14.2 Å². The van der Waals surface area contributed by atoms with E-state index in [1.54, 1.807) is 36.4 Å². The third kappa shape index (κ3) is 5.68. The molecule has 4 rings (SSSR count). The van der Waals surface area contributed by atoms with Gasteiger partial charge in [0.05, 0.1) is 22.2 Å². The van der Waals surface area contributed by atoms with Crippen molar-refractivity contribution in [2.45, 2.75) is 13.5 Å². The second kappa shape index (κ2) is 11.0. The minimum Gasteiger partial charge on any atom is -0.490 e. The summed E-state index contributed by atoms with van der Waals surface area (Å²) >= 11 is 21.0. The van der Waals surface area contributed by atoms with E-state index >= 15 is 0 Å². The summed E-state index contributed by atoms with van der Waals surface area (Å²) in [6.07, 6.45) is 1.57. The number of carbonyl (C=O) groups is 1. The first-order valence-corrected chi connectivity index (χ1v) is 12.4. The van der Waals surface area contributed by atoms with Gasteiger partial charge in [-0.05, 0) is 77.6 Å². The molecule has 174 valence electrons. The molecular formula is C25H17Cl3INO4. The maximum absolute atomic E-state index is 12.4. The van der Waals surface area contributed by atoms with Gasteiger partial charge in [0.25, 0.3) is 0 Å². The van der Waals surface area contributed by atoms with Crippen molar-refractivity contribution in [3.05, 3.63) is 95.6 Å². The topological polar surface area (TPSA) is 57.1 Å². The first-order valence-electron chi connectivity index (χ1n) is 10.2. The van der Waals surface area contributed by atoms with Crippen molar-refractivity contribution in [2.75, 3.05) is 6.61 Å². The van der Waals surface area contributed by atoms with Crippen LogP contribution in [0.4, 0.5) is 0 Å². The van der Waals surface area contributed by atoms with Crippen LogP contribution in [0, 0.1) is 3.57 Å². The van der Waals surface area contributed by atoms with Gasteiger partial charge in [0.1, 0.15) is 6.61 Å². The second-order valence-electron chi connectivity index (χ2n) is 7.10. The van der Waals surface area contributed by atoms with Crippen LogP contribution in [-0.2, 0) is 16.1 Å². The number of carbonyl (C=O) groups excluding carboxylic acids is 1. The summed E-state index contributed by atoms with van der Waals surface area (Å²) in [6.45, 7) is 2.61. The lowest BCUT2D eigenvalue weighted by Crippen LogP contribution is -2.06. The van der Waals surface area contributed by atoms with E-state index < -0.39 is 5.97 Å². The van der Waals surface area contributed by atoms with E-state index in [2.05, 4.69) is 27.6 Å². The molecule has 0 N–H and O–H groups in total. The summed E-state index contributed by atoms with van der Waals surface area (Å²) in [5, 5.41) is 1.15. The first kappa shape index (κ1) is 24.9. The van der Waals surface area contributed by atoms with Crippen molar-refractivity contribution in [1.29, 1.82) is 0 Å². The Morgan fingerprint density at radius 1 is 1.03 bits per heavy atom. The van der Waals surface area contributed by atoms with Gasteiger partial charge >= 0.3 is 5.97 Å². The first-order chi connectivity index (χ1) is 16.4. The molecule has 0 radical (unpaired) electrons. The number of esters is 1. The monoisotopic (exact) mass is 627 g/mol. The van der Waals surface area contributed by atoms with Crippen LogP contribution in [0.5, 0.6) is 11.5 Å². The molecule has 0 saturated carbocycles. The van der Waals surface area contributed by atoms with Crippen molar-refractivity contribution in [3.63, 3.8) is 0 Å². The fourth-order valence-electron chi connectivity index (χ4n) is 3.18. The molecule has 0 atom stereocenters. The SMILES string of the molecule is CCOc1cc(/C=C2\N=C(c3ccc(Cl)cc3Cl)OC2=O)cc(Cl)c1OCc1ccccc1I. The smallest absolute Gasteiger partial charge is 0.363 e. The summed E-state index contributed by atoms with van der Waals surface area (Å²) in [7, 11) is 0. The van der Waals surface area contributed by atoms with Crippen molar-refractivity contribution in [1.82, 2.24) is 0 Å². The van der Waals surface area contributed by atoms with Crippen LogP contribution in [0.15, 0.2) is 65.3 Å². The molecule has 1 heterocycles. The Morgan fingerprint density at radius 2 is 1.82 bits per heavy atom. The number of aliphatic imine (C=N–C) groups is 1. The molecule has 0 bridgehead atoms. The van der Waals surface area contributed by atoms with Gasteiger partial charge in [0, 0.05) is 14.2 Å². The molecule has 1 aliphatic heterocycles. The molecule has 1 aliphatic rings. The lowest BCUT2D eigenvalue weighted by molar-refractivity contribution is -0.129. The highest BCUT2D eigenvalue weighted by atomic mass is 127. The molecule has 0 spiro atoms. The minimum atomic E-state index is -0.603. The van der Waals surface area contributed by atoms with Gasteiger partial charge in [0.2, 0.25) is 5.90 Å². The van der Waals surface area contributed by atoms with E-state index in [1.165, 1.54) is 0 Å². The molecule has 0 saturated heterocycles. The predicted octanol–water partition coefficient (Wildman–Crippen LogP) is 7.57. The Morgan fingerprint density at radius 3 is 2.56 bits per heavy atom. The standard InChI is InChI=1S/C25H17Cl3INO4/c1-2-32-22-11-14(9-19(28)23(22)33-13-15-5-3-4-6-20(15)29)10-21-25(31)34-24(30-21)17-8-7-16(26)12-18(17)27/h3-12H,2,13H2,1H3/b21-10-. The molecule has 9 heteroatoms. The molecule has 3 aromatic carbocycles. The maximum Gasteiger partial charge on any atom is 0.363 e. The third-order valence-corrected chi connectivity index (χ3v) is 6.63.